The van der Waals surface area contributed by atoms with E-state index in [0.29, 0.717) is 6.54 Å². The molecule has 5 N–H and O–H groups in total. The Morgan fingerprint density at radius 1 is 1.00 bits per heavy atom. The van der Waals surface area contributed by atoms with Gasteiger partial charge in [-0.3, -0.25) is 4.79 Å². The predicted octanol–water partition coefficient (Wildman–Crippen LogP) is 1.58. The van der Waals surface area contributed by atoms with E-state index in [2.05, 4.69) is 17.4 Å². The van der Waals surface area contributed by atoms with Crippen molar-refractivity contribution in [1.29, 1.82) is 0 Å². The Morgan fingerprint density at radius 3 is 2.16 bits per heavy atom. The maximum absolute atomic E-state index is 10.8. The lowest BCUT2D eigenvalue weighted by atomic mass is 10.1. The molecule has 0 heterocycles. The van der Waals surface area contributed by atoms with E-state index in [0.717, 1.165) is 11.3 Å². The molecule has 0 spiro atoms. The standard InChI is InChI=1S/C15H17N3O/c16-14(15(17)19)10-18-13-8-6-12(7-9-13)11-4-2-1-3-5-11/h1-9,14,18H,10,16H2,(H2,17,19). The molecule has 1 amide bonds. The van der Waals surface area contributed by atoms with Gasteiger partial charge in [0.05, 0.1) is 0 Å². The van der Waals surface area contributed by atoms with E-state index in [1.807, 2.05) is 42.5 Å². The van der Waals surface area contributed by atoms with E-state index in [1.165, 1.54) is 5.56 Å². The molecule has 0 saturated heterocycles. The predicted molar refractivity (Wildman–Crippen MR) is 77.5 cm³/mol. The number of anilines is 1. The van der Waals surface area contributed by atoms with E-state index >= 15 is 0 Å². The number of hydrogen-bond acceptors (Lipinski definition) is 3. The van der Waals surface area contributed by atoms with Crippen LogP contribution in [0.15, 0.2) is 54.6 Å². The van der Waals surface area contributed by atoms with Gasteiger partial charge in [0.15, 0.2) is 0 Å². The molecule has 19 heavy (non-hydrogen) atoms. The number of primary amides is 1. The first-order valence-corrected chi connectivity index (χ1v) is 6.11. The fourth-order valence-electron chi connectivity index (χ4n) is 1.74. The topological polar surface area (TPSA) is 81.1 Å². The Bertz CT molecular complexity index is 537. The molecule has 98 valence electrons. The monoisotopic (exact) mass is 255 g/mol. The highest BCUT2D eigenvalue weighted by Gasteiger charge is 2.07. The van der Waals surface area contributed by atoms with Gasteiger partial charge in [-0.25, -0.2) is 0 Å². The molecule has 0 aromatic heterocycles. The van der Waals surface area contributed by atoms with Crippen molar-refractivity contribution in [1.82, 2.24) is 0 Å². The zero-order valence-corrected chi connectivity index (χ0v) is 10.5. The number of nitrogens with two attached hydrogens (primary N) is 2. The quantitative estimate of drug-likeness (QED) is 0.758. The minimum atomic E-state index is -0.672. The van der Waals surface area contributed by atoms with Crippen molar-refractivity contribution in [2.75, 3.05) is 11.9 Å². The molecule has 0 saturated carbocycles. The number of amides is 1. The average Bonchev–Trinajstić information content (AvgIpc) is 2.46. The summed E-state index contributed by atoms with van der Waals surface area (Å²) in [7, 11) is 0. The molecule has 2 aromatic carbocycles. The molecule has 0 aliphatic rings. The SMILES string of the molecule is NC(=O)C(N)CNc1ccc(-c2ccccc2)cc1. The largest absolute Gasteiger partial charge is 0.383 e. The first kappa shape index (κ1) is 13.1. The van der Waals surface area contributed by atoms with Crippen LogP contribution in [0.3, 0.4) is 0 Å². The maximum Gasteiger partial charge on any atom is 0.236 e. The molecular weight excluding hydrogens is 238 g/mol. The van der Waals surface area contributed by atoms with Gasteiger partial charge in [0.25, 0.3) is 0 Å². The van der Waals surface area contributed by atoms with Crippen molar-refractivity contribution in [3.8, 4) is 11.1 Å². The Kier molecular flexibility index (Phi) is 4.15. The summed E-state index contributed by atoms with van der Waals surface area (Å²) in [5.74, 6) is -0.506. The fourth-order valence-corrected chi connectivity index (χ4v) is 1.74. The molecule has 0 radical (unpaired) electrons. The Balaban J connectivity index is 2.01. The number of hydrogen-bond donors (Lipinski definition) is 3. The lowest BCUT2D eigenvalue weighted by Gasteiger charge is -2.11. The summed E-state index contributed by atoms with van der Waals surface area (Å²) in [6.07, 6.45) is 0. The summed E-state index contributed by atoms with van der Waals surface area (Å²) in [6, 6.07) is 17.4. The van der Waals surface area contributed by atoms with Crippen LogP contribution in [0.25, 0.3) is 11.1 Å². The molecule has 2 rings (SSSR count). The highest BCUT2D eigenvalue weighted by atomic mass is 16.1. The van der Waals surface area contributed by atoms with Gasteiger partial charge in [-0.2, -0.15) is 0 Å². The van der Waals surface area contributed by atoms with Crippen molar-refractivity contribution in [2.24, 2.45) is 11.5 Å². The zero-order valence-electron chi connectivity index (χ0n) is 10.5. The van der Waals surface area contributed by atoms with Crippen LogP contribution in [0.1, 0.15) is 0 Å². The average molecular weight is 255 g/mol. The molecule has 0 fully saturated rings. The van der Waals surface area contributed by atoms with Crippen LogP contribution in [-0.2, 0) is 4.79 Å². The maximum atomic E-state index is 10.8. The molecule has 0 aliphatic carbocycles. The van der Waals surface area contributed by atoms with Crippen molar-refractivity contribution < 1.29 is 4.79 Å². The number of carbonyl (C=O) groups excluding carboxylic acids is 1. The number of nitrogens with one attached hydrogen (secondary N) is 1. The minimum Gasteiger partial charge on any atom is -0.383 e. The molecular formula is C15H17N3O. The van der Waals surface area contributed by atoms with E-state index in [9.17, 15) is 4.79 Å². The van der Waals surface area contributed by atoms with Gasteiger partial charge in [0.1, 0.15) is 6.04 Å². The Labute approximate surface area is 112 Å². The first-order chi connectivity index (χ1) is 9.16. The van der Waals surface area contributed by atoms with E-state index < -0.39 is 11.9 Å². The van der Waals surface area contributed by atoms with Crippen LogP contribution >= 0.6 is 0 Å². The fraction of sp³-hybridized carbons (Fsp3) is 0.133. The Morgan fingerprint density at radius 2 is 1.58 bits per heavy atom. The number of rotatable bonds is 5. The van der Waals surface area contributed by atoms with Gasteiger partial charge in [-0.05, 0) is 23.3 Å². The summed E-state index contributed by atoms with van der Waals surface area (Å²) in [5.41, 5.74) is 13.9. The van der Waals surface area contributed by atoms with Crippen LogP contribution in [0.4, 0.5) is 5.69 Å². The summed E-state index contributed by atoms with van der Waals surface area (Å²) in [4.78, 5) is 10.8. The molecule has 1 unspecified atom stereocenters. The molecule has 2 aromatic rings. The molecule has 0 aliphatic heterocycles. The Hall–Kier alpha value is -2.33. The third-order valence-corrected chi connectivity index (χ3v) is 2.88. The molecule has 4 nitrogen and oxygen atoms in total. The van der Waals surface area contributed by atoms with Gasteiger partial charge in [-0.15, -0.1) is 0 Å². The minimum absolute atomic E-state index is 0.333. The zero-order chi connectivity index (χ0) is 13.7. The second kappa shape index (κ2) is 6.02. The van der Waals surface area contributed by atoms with Gasteiger partial charge >= 0.3 is 0 Å². The van der Waals surface area contributed by atoms with Crippen molar-refractivity contribution in [3.63, 3.8) is 0 Å². The summed E-state index contributed by atoms with van der Waals surface area (Å²) < 4.78 is 0. The molecule has 4 heteroatoms. The number of carbonyl (C=O) groups is 1. The highest BCUT2D eigenvalue weighted by molar-refractivity contribution is 5.80. The second-order valence-electron chi connectivity index (χ2n) is 4.33. The second-order valence-corrected chi connectivity index (χ2v) is 4.33. The van der Waals surface area contributed by atoms with Gasteiger partial charge < -0.3 is 16.8 Å². The summed E-state index contributed by atoms with van der Waals surface area (Å²) >= 11 is 0. The summed E-state index contributed by atoms with van der Waals surface area (Å²) in [5, 5.41) is 3.08. The van der Waals surface area contributed by atoms with Crippen molar-refractivity contribution in [3.05, 3.63) is 54.6 Å². The molecule has 0 bridgehead atoms. The van der Waals surface area contributed by atoms with E-state index in [1.54, 1.807) is 0 Å². The highest BCUT2D eigenvalue weighted by Crippen LogP contribution is 2.20. The van der Waals surface area contributed by atoms with Crippen LogP contribution in [0.5, 0.6) is 0 Å². The third kappa shape index (κ3) is 3.56. The third-order valence-electron chi connectivity index (χ3n) is 2.88. The van der Waals surface area contributed by atoms with Crippen LogP contribution in [0, 0.1) is 0 Å². The normalized spacial score (nSPS) is 11.8. The first-order valence-electron chi connectivity index (χ1n) is 6.11. The lowest BCUT2D eigenvalue weighted by Crippen LogP contribution is -2.41. The molecule has 1 atom stereocenters. The number of benzene rings is 2. The lowest BCUT2D eigenvalue weighted by molar-refractivity contribution is -0.118. The van der Waals surface area contributed by atoms with Crippen LogP contribution in [-0.4, -0.2) is 18.5 Å². The van der Waals surface area contributed by atoms with Gasteiger partial charge in [-0.1, -0.05) is 42.5 Å². The van der Waals surface area contributed by atoms with Gasteiger partial charge in [0.2, 0.25) is 5.91 Å². The summed E-state index contributed by atoms with van der Waals surface area (Å²) in [6.45, 7) is 0.333. The van der Waals surface area contributed by atoms with Crippen molar-refractivity contribution in [2.45, 2.75) is 6.04 Å². The van der Waals surface area contributed by atoms with Crippen LogP contribution in [0.2, 0.25) is 0 Å². The van der Waals surface area contributed by atoms with Gasteiger partial charge in [0, 0.05) is 12.2 Å². The van der Waals surface area contributed by atoms with E-state index in [-0.39, 0.29) is 0 Å². The smallest absolute Gasteiger partial charge is 0.236 e. The van der Waals surface area contributed by atoms with E-state index in [4.69, 9.17) is 11.5 Å². The van der Waals surface area contributed by atoms with Crippen LogP contribution < -0.4 is 16.8 Å². The van der Waals surface area contributed by atoms with Crippen molar-refractivity contribution >= 4 is 11.6 Å².